The molecule has 1 aromatic carbocycles. The molecule has 0 fully saturated rings. The van der Waals surface area contributed by atoms with Gasteiger partial charge in [0, 0.05) is 0 Å². The van der Waals surface area contributed by atoms with E-state index in [1.807, 2.05) is 17.2 Å². The van der Waals surface area contributed by atoms with Crippen molar-refractivity contribution in [2.24, 2.45) is 5.73 Å². The monoisotopic (exact) mass is 348 g/mol. The zero-order valence-corrected chi connectivity index (χ0v) is 14.2. The summed E-state index contributed by atoms with van der Waals surface area (Å²) in [6.07, 6.45) is 3.47. The average Bonchev–Trinajstić information content (AvgIpc) is 2.38. The van der Waals surface area contributed by atoms with Gasteiger partial charge >= 0.3 is 5.97 Å². The van der Waals surface area contributed by atoms with Crippen LogP contribution in [-0.2, 0) is 19.6 Å². The smallest absolute Gasteiger partial charge is 0.322 e. The summed E-state index contributed by atoms with van der Waals surface area (Å²) >= 11 is 1.75. The maximum atomic E-state index is 11.9. The van der Waals surface area contributed by atoms with Crippen LogP contribution >= 0.6 is 11.8 Å². The van der Waals surface area contributed by atoms with Crippen molar-refractivity contribution in [3.05, 3.63) is 29.8 Å². The number of aryl methyl sites for hydroxylation is 1. The number of amides is 1. The van der Waals surface area contributed by atoms with Crippen LogP contribution in [0.1, 0.15) is 12.0 Å². The van der Waals surface area contributed by atoms with Crippen LogP contribution in [0.3, 0.4) is 0 Å². The Hall–Kier alpha value is -1.58. The van der Waals surface area contributed by atoms with Crippen LogP contribution in [0.25, 0.3) is 0 Å². The molecule has 0 radical (unpaired) electrons. The molecular weight excluding hydrogens is 328 g/mol. The normalized spacial score (nSPS) is 12.0. The summed E-state index contributed by atoms with van der Waals surface area (Å²) in [4.78, 5) is 21.5. The molecule has 0 spiro atoms. The van der Waals surface area contributed by atoms with Gasteiger partial charge in [-0.2, -0.15) is 16.5 Å². The summed E-state index contributed by atoms with van der Waals surface area (Å²) in [5.74, 6) is -2.37. The Balaban J connectivity index is 0.00000135. The van der Waals surface area contributed by atoms with E-state index >= 15 is 0 Å². The Morgan fingerprint density at radius 3 is 2.09 bits per heavy atom. The second-order valence-corrected chi connectivity index (χ2v) is 6.93. The van der Waals surface area contributed by atoms with Gasteiger partial charge in [0.05, 0.1) is 11.3 Å². The summed E-state index contributed by atoms with van der Waals surface area (Å²) in [5.41, 5.74) is 5.74. The Labute approximate surface area is 134 Å². The highest BCUT2D eigenvalue weighted by Crippen LogP contribution is 2.11. The minimum Gasteiger partial charge on any atom is -0.480 e. The molecule has 22 heavy (non-hydrogen) atoms. The number of rotatable bonds is 6. The molecule has 124 valence electrons. The van der Waals surface area contributed by atoms with Crippen molar-refractivity contribution in [1.82, 2.24) is 4.72 Å². The first-order chi connectivity index (χ1) is 10.1. The van der Waals surface area contributed by atoms with E-state index in [4.69, 9.17) is 10.8 Å². The molecule has 4 N–H and O–H groups in total. The number of carbonyl (C=O) groups is 2. The molecule has 1 rings (SSSR count). The maximum Gasteiger partial charge on any atom is 0.322 e. The molecule has 0 heterocycles. The zero-order chi connectivity index (χ0) is 17.3. The molecule has 7 nitrogen and oxygen atoms in total. The summed E-state index contributed by atoms with van der Waals surface area (Å²) in [5, 5.41) is 8.84. The van der Waals surface area contributed by atoms with Gasteiger partial charge in [0.1, 0.15) is 6.04 Å². The Bertz CT molecular complexity index is 599. The summed E-state index contributed by atoms with van der Waals surface area (Å²) in [7, 11) is -4.01. The van der Waals surface area contributed by atoms with Crippen LogP contribution in [0.2, 0.25) is 0 Å². The van der Waals surface area contributed by atoms with E-state index < -0.39 is 34.4 Å². The van der Waals surface area contributed by atoms with Gasteiger partial charge in [-0.1, -0.05) is 17.7 Å². The van der Waals surface area contributed by atoms with E-state index in [0.29, 0.717) is 0 Å². The highest BCUT2D eigenvalue weighted by atomic mass is 32.2. The fraction of sp³-hybridized carbons (Fsp3) is 0.385. The lowest BCUT2D eigenvalue weighted by atomic mass is 10.2. The highest BCUT2D eigenvalue weighted by molar-refractivity contribution is 7.97. The molecule has 0 aromatic heterocycles. The van der Waals surface area contributed by atoms with Gasteiger partial charge < -0.3 is 10.8 Å². The fourth-order valence-electron chi connectivity index (χ4n) is 1.35. The largest absolute Gasteiger partial charge is 0.480 e. The lowest BCUT2D eigenvalue weighted by Crippen LogP contribution is -2.43. The second-order valence-electron chi connectivity index (χ2n) is 4.40. The van der Waals surface area contributed by atoms with Crippen LogP contribution in [0.15, 0.2) is 29.2 Å². The Kier molecular flexibility index (Phi) is 8.76. The molecule has 1 amide bonds. The lowest BCUT2D eigenvalue weighted by Gasteiger charge is -2.13. The molecule has 9 heteroatoms. The van der Waals surface area contributed by atoms with Gasteiger partial charge in [0.2, 0.25) is 15.9 Å². The van der Waals surface area contributed by atoms with E-state index in [9.17, 15) is 18.0 Å². The van der Waals surface area contributed by atoms with E-state index in [-0.39, 0.29) is 4.90 Å². The third-order valence-corrected chi connectivity index (χ3v) is 3.82. The van der Waals surface area contributed by atoms with Crippen molar-refractivity contribution in [2.75, 3.05) is 12.5 Å². The number of nitrogens with two attached hydrogens (primary N) is 1. The van der Waals surface area contributed by atoms with Crippen LogP contribution in [0.4, 0.5) is 0 Å². The predicted octanol–water partition coefficient (Wildman–Crippen LogP) is 0.581. The van der Waals surface area contributed by atoms with Crippen LogP contribution in [0, 0.1) is 6.92 Å². The quantitative estimate of drug-likeness (QED) is 0.690. The van der Waals surface area contributed by atoms with Crippen LogP contribution in [-0.4, -0.2) is 44.0 Å². The Morgan fingerprint density at radius 2 is 1.73 bits per heavy atom. The van der Waals surface area contributed by atoms with Crippen LogP contribution in [0.5, 0.6) is 0 Å². The molecule has 1 atom stereocenters. The molecule has 0 bridgehead atoms. The fourth-order valence-corrected chi connectivity index (χ4v) is 2.54. The number of thioether (sulfide) groups is 1. The summed E-state index contributed by atoms with van der Waals surface area (Å²) in [6, 6.07) is 4.28. The topological polar surface area (TPSA) is 127 Å². The number of hydrogen-bond acceptors (Lipinski definition) is 5. The number of benzene rings is 1. The molecule has 0 saturated heterocycles. The molecule has 0 aliphatic rings. The first-order valence-corrected chi connectivity index (χ1v) is 9.26. The van der Waals surface area contributed by atoms with Crippen molar-refractivity contribution in [3.63, 3.8) is 0 Å². The van der Waals surface area contributed by atoms with Crippen molar-refractivity contribution in [1.29, 1.82) is 0 Å². The number of carbonyl (C=O) groups excluding carboxylic acids is 1. The minimum absolute atomic E-state index is 0.0752. The van der Waals surface area contributed by atoms with E-state index in [1.54, 1.807) is 30.8 Å². The van der Waals surface area contributed by atoms with Gasteiger partial charge in [0.15, 0.2) is 0 Å². The second kappa shape index (κ2) is 9.44. The van der Waals surface area contributed by atoms with Crippen molar-refractivity contribution in [3.8, 4) is 0 Å². The number of aliphatic carboxylic acids is 1. The van der Waals surface area contributed by atoms with E-state index in [2.05, 4.69) is 0 Å². The van der Waals surface area contributed by atoms with Gasteiger partial charge in [-0.15, -0.1) is 0 Å². The van der Waals surface area contributed by atoms with Crippen molar-refractivity contribution < 1.29 is 23.1 Å². The third kappa shape index (κ3) is 7.43. The molecule has 0 saturated carbocycles. The maximum absolute atomic E-state index is 11.9. The molecular formula is C13H20N2O5S2. The third-order valence-electron chi connectivity index (χ3n) is 2.33. The SMILES string of the molecule is CSC.Cc1ccc(S(=O)(=O)N[C@@H](CC(N)=O)C(=O)O)cc1. The van der Waals surface area contributed by atoms with Gasteiger partial charge in [-0.3, -0.25) is 9.59 Å². The first kappa shape index (κ1) is 20.4. The highest BCUT2D eigenvalue weighted by Gasteiger charge is 2.26. The zero-order valence-electron chi connectivity index (χ0n) is 12.6. The number of carboxylic acid groups (broad SMARTS) is 1. The van der Waals surface area contributed by atoms with Gasteiger partial charge in [0.25, 0.3) is 0 Å². The molecule has 0 aliphatic heterocycles. The number of hydrogen-bond donors (Lipinski definition) is 3. The summed E-state index contributed by atoms with van der Waals surface area (Å²) in [6.45, 7) is 1.79. The van der Waals surface area contributed by atoms with Crippen molar-refractivity contribution >= 4 is 33.7 Å². The summed E-state index contributed by atoms with van der Waals surface area (Å²) < 4.78 is 25.8. The first-order valence-electron chi connectivity index (χ1n) is 6.14. The van der Waals surface area contributed by atoms with Gasteiger partial charge in [-0.05, 0) is 31.6 Å². The number of nitrogens with one attached hydrogen (secondary N) is 1. The average molecular weight is 348 g/mol. The van der Waals surface area contributed by atoms with Crippen molar-refractivity contribution in [2.45, 2.75) is 24.3 Å². The molecule has 1 aromatic rings. The number of sulfonamides is 1. The standard InChI is InChI=1S/C11H14N2O5S.C2H6S/c1-7-2-4-8(5-3-7)19(17,18)13-9(11(15)16)6-10(12)14;1-3-2/h2-5,9,13H,6H2,1H3,(H2,12,14)(H,15,16);1-2H3/t9-;/m0./s1. The number of carboxylic acids is 1. The van der Waals surface area contributed by atoms with E-state index in [1.165, 1.54) is 12.1 Å². The number of primary amides is 1. The molecule has 0 unspecified atom stereocenters. The molecule has 0 aliphatic carbocycles. The lowest BCUT2D eigenvalue weighted by molar-refractivity contribution is -0.140. The Morgan fingerprint density at radius 1 is 1.27 bits per heavy atom. The predicted molar refractivity (Wildman–Crippen MR) is 86.2 cm³/mol. The van der Waals surface area contributed by atoms with Crippen LogP contribution < -0.4 is 10.5 Å². The van der Waals surface area contributed by atoms with Gasteiger partial charge in [-0.25, -0.2) is 8.42 Å². The minimum atomic E-state index is -4.01. The van der Waals surface area contributed by atoms with E-state index in [0.717, 1.165) is 5.56 Å².